The standard InChI is InChI=1S/C23H33N7O/c1-26-22(28-17-23(11-7-12-23)13-15-31-2)27-14-6-10-20-19(16-24)21(25)30(29-20)18-8-4-3-5-9-18/h3-5,8-9H,6-7,10-15,17,25H2,1-2H3,(H2,26,27,28). The summed E-state index contributed by atoms with van der Waals surface area (Å²) in [6, 6.07) is 11.8. The molecule has 8 nitrogen and oxygen atoms in total. The van der Waals surface area contributed by atoms with E-state index in [4.69, 9.17) is 10.5 Å². The first-order valence-corrected chi connectivity index (χ1v) is 10.9. The molecule has 2 aromatic rings. The molecule has 31 heavy (non-hydrogen) atoms. The average molecular weight is 424 g/mol. The van der Waals surface area contributed by atoms with Gasteiger partial charge in [-0.1, -0.05) is 24.6 Å². The Morgan fingerprint density at radius 3 is 2.71 bits per heavy atom. The summed E-state index contributed by atoms with van der Waals surface area (Å²) in [7, 11) is 3.54. The molecule has 1 fully saturated rings. The van der Waals surface area contributed by atoms with Gasteiger partial charge in [-0.2, -0.15) is 10.4 Å². The number of nitrogens with zero attached hydrogens (tertiary/aromatic N) is 4. The zero-order chi connectivity index (χ0) is 22.1. The van der Waals surface area contributed by atoms with Crippen molar-refractivity contribution in [3.8, 4) is 11.8 Å². The molecule has 1 aliphatic carbocycles. The van der Waals surface area contributed by atoms with E-state index in [0.717, 1.165) is 49.9 Å². The van der Waals surface area contributed by atoms with Gasteiger partial charge in [0, 0.05) is 33.9 Å². The highest BCUT2D eigenvalue weighted by Gasteiger charge is 2.36. The van der Waals surface area contributed by atoms with Gasteiger partial charge in [-0.3, -0.25) is 4.99 Å². The SMILES string of the molecule is CN=C(NCCCc1nn(-c2ccccc2)c(N)c1C#N)NCC1(CCOC)CCC1. The first kappa shape index (κ1) is 22.6. The Balaban J connectivity index is 1.50. The largest absolute Gasteiger partial charge is 0.385 e. The molecule has 0 atom stereocenters. The van der Waals surface area contributed by atoms with Gasteiger partial charge in [0.1, 0.15) is 17.5 Å². The molecule has 4 N–H and O–H groups in total. The molecule has 0 amide bonds. The number of nitriles is 1. The highest BCUT2D eigenvalue weighted by atomic mass is 16.5. The summed E-state index contributed by atoms with van der Waals surface area (Å²) in [5, 5.41) is 21.0. The number of para-hydroxylation sites is 1. The van der Waals surface area contributed by atoms with E-state index >= 15 is 0 Å². The molecule has 1 aromatic heterocycles. The number of ether oxygens (including phenoxy) is 1. The van der Waals surface area contributed by atoms with Crippen LogP contribution in [0.1, 0.15) is 43.4 Å². The smallest absolute Gasteiger partial charge is 0.190 e. The van der Waals surface area contributed by atoms with E-state index < -0.39 is 0 Å². The van der Waals surface area contributed by atoms with E-state index in [1.807, 2.05) is 30.3 Å². The van der Waals surface area contributed by atoms with Crippen LogP contribution in [0.2, 0.25) is 0 Å². The summed E-state index contributed by atoms with van der Waals surface area (Å²) in [5.74, 6) is 1.19. The number of guanidine groups is 1. The average Bonchev–Trinajstić information content (AvgIpc) is 3.09. The van der Waals surface area contributed by atoms with Crippen LogP contribution >= 0.6 is 0 Å². The fraction of sp³-hybridized carbons (Fsp3) is 0.522. The second kappa shape index (κ2) is 10.8. The third-order valence-electron chi connectivity index (χ3n) is 6.09. The van der Waals surface area contributed by atoms with Crippen LogP contribution in [-0.4, -0.2) is 49.6 Å². The van der Waals surface area contributed by atoms with E-state index in [2.05, 4.69) is 26.8 Å². The predicted molar refractivity (Wildman–Crippen MR) is 123 cm³/mol. The van der Waals surface area contributed by atoms with Crippen LogP contribution in [0.25, 0.3) is 5.69 Å². The first-order valence-electron chi connectivity index (χ1n) is 10.9. The van der Waals surface area contributed by atoms with Crippen LogP contribution in [0, 0.1) is 16.7 Å². The Morgan fingerprint density at radius 2 is 2.10 bits per heavy atom. The molecule has 0 spiro atoms. The second-order valence-electron chi connectivity index (χ2n) is 8.12. The van der Waals surface area contributed by atoms with Crippen LogP contribution in [0.3, 0.4) is 0 Å². The van der Waals surface area contributed by atoms with Crippen LogP contribution in [-0.2, 0) is 11.2 Å². The number of anilines is 1. The number of aliphatic imine (C=N–C) groups is 1. The normalized spacial score (nSPS) is 15.2. The Hall–Kier alpha value is -3.05. The maximum absolute atomic E-state index is 9.54. The molecule has 0 radical (unpaired) electrons. The Bertz CT molecular complexity index is 910. The van der Waals surface area contributed by atoms with Crippen molar-refractivity contribution in [1.29, 1.82) is 5.26 Å². The van der Waals surface area contributed by atoms with Gasteiger partial charge in [-0.15, -0.1) is 0 Å². The number of nitrogens with two attached hydrogens (primary N) is 1. The van der Waals surface area contributed by atoms with Gasteiger partial charge in [0.25, 0.3) is 0 Å². The van der Waals surface area contributed by atoms with E-state index in [0.29, 0.717) is 23.2 Å². The van der Waals surface area contributed by atoms with Crippen molar-refractivity contribution >= 4 is 11.8 Å². The van der Waals surface area contributed by atoms with Crippen LogP contribution < -0.4 is 16.4 Å². The maximum atomic E-state index is 9.54. The van der Waals surface area contributed by atoms with Crippen molar-refractivity contribution in [2.45, 2.75) is 38.5 Å². The summed E-state index contributed by atoms with van der Waals surface area (Å²) in [5.41, 5.74) is 8.54. The quantitative estimate of drug-likeness (QED) is 0.308. The minimum atomic E-state index is 0.330. The lowest BCUT2D eigenvalue weighted by Crippen LogP contribution is -2.47. The van der Waals surface area contributed by atoms with Crippen LogP contribution in [0.5, 0.6) is 0 Å². The molecule has 1 heterocycles. The third kappa shape index (κ3) is 5.56. The number of hydrogen-bond donors (Lipinski definition) is 3. The number of nitrogens with one attached hydrogen (secondary N) is 2. The summed E-state index contributed by atoms with van der Waals surface area (Å²) >= 11 is 0. The van der Waals surface area contributed by atoms with E-state index in [1.54, 1.807) is 18.8 Å². The fourth-order valence-electron chi connectivity index (χ4n) is 4.01. The van der Waals surface area contributed by atoms with Gasteiger partial charge >= 0.3 is 0 Å². The molecule has 8 heteroatoms. The topological polar surface area (TPSA) is 113 Å². The molecule has 0 saturated heterocycles. The Labute approximate surface area is 184 Å². The highest BCUT2D eigenvalue weighted by Crippen LogP contribution is 2.43. The molecule has 1 aliphatic rings. The fourth-order valence-corrected chi connectivity index (χ4v) is 4.01. The van der Waals surface area contributed by atoms with Gasteiger partial charge in [-0.25, -0.2) is 4.68 Å². The zero-order valence-corrected chi connectivity index (χ0v) is 18.5. The van der Waals surface area contributed by atoms with Crippen molar-refractivity contribution in [2.75, 3.05) is 39.6 Å². The number of methoxy groups -OCH3 is 1. The van der Waals surface area contributed by atoms with Crippen molar-refractivity contribution in [3.63, 3.8) is 0 Å². The first-order chi connectivity index (χ1) is 15.1. The van der Waals surface area contributed by atoms with Crippen LogP contribution in [0.4, 0.5) is 5.82 Å². The number of aromatic nitrogens is 2. The molecule has 1 aromatic carbocycles. The molecule has 1 saturated carbocycles. The molecular formula is C23H33N7O. The van der Waals surface area contributed by atoms with Crippen molar-refractivity contribution in [3.05, 3.63) is 41.6 Å². The molecule has 0 bridgehead atoms. The van der Waals surface area contributed by atoms with Gasteiger partial charge < -0.3 is 21.1 Å². The summed E-state index contributed by atoms with van der Waals surface area (Å²) in [4.78, 5) is 4.34. The zero-order valence-electron chi connectivity index (χ0n) is 18.5. The predicted octanol–water partition coefficient (Wildman–Crippen LogP) is 2.63. The van der Waals surface area contributed by atoms with Crippen molar-refractivity contribution in [1.82, 2.24) is 20.4 Å². The minimum Gasteiger partial charge on any atom is -0.385 e. The van der Waals surface area contributed by atoms with Gasteiger partial charge in [0.2, 0.25) is 0 Å². The maximum Gasteiger partial charge on any atom is 0.190 e. The molecule has 166 valence electrons. The highest BCUT2D eigenvalue weighted by molar-refractivity contribution is 5.79. The van der Waals surface area contributed by atoms with E-state index in [1.165, 1.54) is 19.3 Å². The second-order valence-corrected chi connectivity index (χ2v) is 8.12. The molecule has 0 aliphatic heterocycles. The molecule has 0 unspecified atom stereocenters. The number of benzene rings is 1. The lowest BCUT2D eigenvalue weighted by atomic mass is 9.67. The minimum absolute atomic E-state index is 0.330. The number of nitrogen functional groups attached to an aromatic ring is 1. The van der Waals surface area contributed by atoms with Gasteiger partial charge in [0.15, 0.2) is 5.96 Å². The monoisotopic (exact) mass is 423 g/mol. The van der Waals surface area contributed by atoms with Crippen LogP contribution in [0.15, 0.2) is 35.3 Å². The lowest BCUT2D eigenvalue weighted by Gasteiger charge is -2.42. The summed E-state index contributed by atoms with van der Waals surface area (Å²) in [6.07, 6.45) is 6.32. The molecule has 3 rings (SSSR count). The number of hydrogen-bond acceptors (Lipinski definition) is 5. The summed E-state index contributed by atoms with van der Waals surface area (Å²) in [6.45, 7) is 2.44. The lowest BCUT2D eigenvalue weighted by molar-refractivity contribution is 0.0732. The van der Waals surface area contributed by atoms with Gasteiger partial charge in [0.05, 0.1) is 11.4 Å². The Morgan fingerprint density at radius 1 is 1.32 bits per heavy atom. The third-order valence-corrected chi connectivity index (χ3v) is 6.09. The van der Waals surface area contributed by atoms with Crippen molar-refractivity contribution in [2.24, 2.45) is 10.4 Å². The summed E-state index contributed by atoms with van der Waals surface area (Å²) < 4.78 is 6.91. The van der Waals surface area contributed by atoms with E-state index in [9.17, 15) is 5.26 Å². The van der Waals surface area contributed by atoms with Crippen molar-refractivity contribution < 1.29 is 4.74 Å². The molecular weight excluding hydrogens is 390 g/mol. The Kier molecular flexibility index (Phi) is 7.90. The van der Waals surface area contributed by atoms with Gasteiger partial charge in [-0.05, 0) is 49.7 Å². The number of aryl methyl sites for hydroxylation is 1. The number of rotatable bonds is 10. The van der Waals surface area contributed by atoms with E-state index in [-0.39, 0.29) is 0 Å².